The zero-order valence-electron chi connectivity index (χ0n) is 14.5. The molecule has 0 bridgehead atoms. The number of aliphatic hydroxyl groups is 1. The van der Waals surface area contributed by atoms with Crippen molar-refractivity contribution in [1.29, 1.82) is 0 Å². The van der Waals surface area contributed by atoms with Crippen LogP contribution < -0.4 is 10.6 Å². The number of carbonyl (C=O) groups excluding carboxylic acids is 1. The van der Waals surface area contributed by atoms with Gasteiger partial charge in [-0.25, -0.2) is 9.18 Å². The number of amides is 2. The molecule has 2 rings (SSSR count). The van der Waals surface area contributed by atoms with Crippen LogP contribution in [0.3, 0.4) is 0 Å². The van der Waals surface area contributed by atoms with Gasteiger partial charge in [-0.3, -0.25) is 4.90 Å². The summed E-state index contributed by atoms with van der Waals surface area (Å²) < 4.78 is 13.6. The van der Waals surface area contributed by atoms with Crippen LogP contribution in [0.1, 0.15) is 38.4 Å². The predicted octanol–water partition coefficient (Wildman–Crippen LogP) is 2.28. The monoisotopic (exact) mass is 337 g/mol. The summed E-state index contributed by atoms with van der Waals surface area (Å²) >= 11 is 0. The highest BCUT2D eigenvalue weighted by Crippen LogP contribution is 2.18. The van der Waals surface area contributed by atoms with Gasteiger partial charge in [0.2, 0.25) is 0 Å². The lowest BCUT2D eigenvalue weighted by molar-refractivity contribution is 0.167. The van der Waals surface area contributed by atoms with Crippen molar-refractivity contribution in [3.63, 3.8) is 0 Å². The van der Waals surface area contributed by atoms with Gasteiger partial charge in [-0.2, -0.15) is 0 Å². The Morgan fingerprint density at radius 1 is 1.38 bits per heavy atom. The molecule has 5 nitrogen and oxygen atoms in total. The third kappa shape index (κ3) is 5.46. The topological polar surface area (TPSA) is 64.6 Å². The summed E-state index contributed by atoms with van der Waals surface area (Å²) in [7, 11) is 0. The van der Waals surface area contributed by atoms with Gasteiger partial charge in [0.25, 0.3) is 0 Å². The molecule has 2 atom stereocenters. The highest BCUT2D eigenvalue weighted by molar-refractivity contribution is 5.73. The lowest BCUT2D eigenvalue weighted by atomic mass is 10.1. The summed E-state index contributed by atoms with van der Waals surface area (Å²) in [4.78, 5) is 14.3. The van der Waals surface area contributed by atoms with Gasteiger partial charge in [0, 0.05) is 31.2 Å². The third-order valence-corrected chi connectivity index (χ3v) is 4.32. The molecule has 1 aliphatic heterocycles. The molecule has 1 aromatic rings. The molecule has 0 spiro atoms. The number of halogens is 1. The van der Waals surface area contributed by atoms with E-state index in [1.54, 1.807) is 12.1 Å². The smallest absolute Gasteiger partial charge is 0.314 e. The largest absolute Gasteiger partial charge is 0.386 e. The lowest BCUT2D eigenvalue weighted by Crippen LogP contribution is -2.45. The quantitative estimate of drug-likeness (QED) is 0.715. The van der Waals surface area contributed by atoms with Crippen LogP contribution in [0.15, 0.2) is 24.3 Å². The Labute approximate surface area is 143 Å². The van der Waals surface area contributed by atoms with Crippen LogP contribution in [0.4, 0.5) is 9.18 Å². The number of nitrogens with zero attached hydrogens (tertiary/aromatic N) is 1. The minimum absolute atomic E-state index is 0.0207. The van der Waals surface area contributed by atoms with Crippen LogP contribution in [0.25, 0.3) is 0 Å². The molecule has 1 aromatic carbocycles. The molecular formula is C18H28FN3O2. The molecule has 0 aliphatic carbocycles. The van der Waals surface area contributed by atoms with Gasteiger partial charge in [0.1, 0.15) is 5.82 Å². The van der Waals surface area contributed by atoms with E-state index < -0.39 is 11.9 Å². The maximum absolute atomic E-state index is 13.6. The summed E-state index contributed by atoms with van der Waals surface area (Å²) in [5.74, 6) is 0.137. The van der Waals surface area contributed by atoms with Crippen molar-refractivity contribution in [3.05, 3.63) is 35.6 Å². The number of urea groups is 1. The molecule has 0 aromatic heterocycles. The predicted molar refractivity (Wildman–Crippen MR) is 92.2 cm³/mol. The number of carbonyl (C=O) groups is 1. The average Bonchev–Trinajstić information content (AvgIpc) is 2.97. The maximum Gasteiger partial charge on any atom is 0.314 e. The Morgan fingerprint density at radius 3 is 2.83 bits per heavy atom. The van der Waals surface area contributed by atoms with Crippen molar-refractivity contribution < 1.29 is 14.3 Å². The van der Waals surface area contributed by atoms with E-state index in [9.17, 15) is 14.3 Å². The number of nitrogens with one attached hydrogen (secondary N) is 2. The first kappa shape index (κ1) is 18.7. The molecular weight excluding hydrogens is 309 g/mol. The average molecular weight is 337 g/mol. The molecule has 3 N–H and O–H groups in total. The van der Waals surface area contributed by atoms with Crippen LogP contribution in [0, 0.1) is 11.7 Å². The van der Waals surface area contributed by atoms with E-state index in [0.717, 1.165) is 25.9 Å². The number of benzene rings is 1. The summed E-state index contributed by atoms with van der Waals surface area (Å²) in [5.41, 5.74) is 0.191. The molecule has 2 amide bonds. The fourth-order valence-electron chi connectivity index (χ4n) is 3.15. The van der Waals surface area contributed by atoms with E-state index in [-0.39, 0.29) is 18.1 Å². The van der Waals surface area contributed by atoms with Crippen molar-refractivity contribution >= 4 is 6.03 Å². The van der Waals surface area contributed by atoms with Gasteiger partial charge < -0.3 is 15.7 Å². The molecule has 1 fully saturated rings. The maximum atomic E-state index is 13.6. The van der Waals surface area contributed by atoms with Crippen LogP contribution >= 0.6 is 0 Å². The van der Waals surface area contributed by atoms with E-state index >= 15 is 0 Å². The molecule has 1 unspecified atom stereocenters. The number of hydrogen-bond acceptors (Lipinski definition) is 3. The minimum atomic E-state index is -1.05. The number of likely N-dealkylation sites (tertiary alicyclic amines) is 1. The zero-order valence-corrected chi connectivity index (χ0v) is 14.5. The van der Waals surface area contributed by atoms with E-state index in [0.29, 0.717) is 18.5 Å². The highest BCUT2D eigenvalue weighted by Gasteiger charge is 2.25. The molecule has 1 heterocycles. The van der Waals surface area contributed by atoms with Crippen molar-refractivity contribution in [3.8, 4) is 0 Å². The van der Waals surface area contributed by atoms with Gasteiger partial charge in [-0.15, -0.1) is 0 Å². The second-order valence-corrected chi connectivity index (χ2v) is 6.81. The third-order valence-electron chi connectivity index (χ3n) is 4.32. The van der Waals surface area contributed by atoms with Crippen molar-refractivity contribution in [2.24, 2.45) is 5.92 Å². The number of hydrogen-bond donors (Lipinski definition) is 3. The fraction of sp³-hybridized carbons (Fsp3) is 0.611. The Hall–Kier alpha value is -1.66. The van der Waals surface area contributed by atoms with E-state index in [2.05, 4.69) is 29.4 Å². The van der Waals surface area contributed by atoms with Gasteiger partial charge in [0.15, 0.2) is 0 Å². The van der Waals surface area contributed by atoms with Crippen LogP contribution in [-0.2, 0) is 0 Å². The Balaban J connectivity index is 1.72. The molecule has 0 radical (unpaired) electrons. The van der Waals surface area contributed by atoms with Crippen molar-refractivity contribution in [2.45, 2.75) is 38.8 Å². The fourth-order valence-corrected chi connectivity index (χ4v) is 3.15. The Bertz CT molecular complexity index is 539. The van der Waals surface area contributed by atoms with E-state index in [1.165, 1.54) is 12.1 Å². The summed E-state index contributed by atoms with van der Waals surface area (Å²) in [6.45, 7) is 7.08. The van der Waals surface area contributed by atoms with E-state index in [4.69, 9.17) is 0 Å². The Morgan fingerprint density at radius 2 is 2.12 bits per heavy atom. The summed E-state index contributed by atoms with van der Waals surface area (Å²) in [5, 5.41) is 15.4. The van der Waals surface area contributed by atoms with Crippen LogP contribution in [0.2, 0.25) is 0 Å². The number of rotatable bonds is 7. The molecule has 134 valence electrons. The second-order valence-electron chi connectivity index (χ2n) is 6.81. The van der Waals surface area contributed by atoms with Crippen molar-refractivity contribution in [1.82, 2.24) is 15.5 Å². The molecule has 6 heteroatoms. The van der Waals surface area contributed by atoms with Gasteiger partial charge in [-0.05, 0) is 31.4 Å². The van der Waals surface area contributed by atoms with Gasteiger partial charge in [-0.1, -0.05) is 32.0 Å². The number of aliphatic hydroxyl groups excluding tert-OH is 1. The summed E-state index contributed by atoms with van der Waals surface area (Å²) in [6.07, 6.45) is 1.19. The normalized spacial score (nSPS) is 19.5. The first-order valence-electron chi connectivity index (χ1n) is 8.65. The second kappa shape index (κ2) is 8.99. The first-order valence-corrected chi connectivity index (χ1v) is 8.65. The lowest BCUT2D eigenvalue weighted by Gasteiger charge is -2.26. The molecule has 1 aliphatic rings. The van der Waals surface area contributed by atoms with Gasteiger partial charge >= 0.3 is 6.03 Å². The Kier molecular flexibility index (Phi) is 6.99. The minimum Gasteiger partial charge on any atom is -0.386 e. The molecule has 24 heavy (non-hydrogen) atoms. The highest BCUT2D eigenvalue weighted by atomic mass is 19.1. The van der Waals surface area contributed by atoms with Crippen LogP contribution in [0.5, 0.6) is 0 Å². The first-order chi connectivity index (χ1) is 11.5. The SMILES string of the molecule is CC(C)CN1CCC[C@H]1CNC(=O)NCC(O)c1ccccc1F. The van der Waals surface area contributed by atoms with Crippen molar-refractivity contribution in [2.75, 3.05) is 26.2 Å². The van der Waals surface area contributed by atoms with Gasteiger partial charge in [0.05, 0.1) is 6.10 Å². The molecule has 1 saturated heterocycles. The zero-order chi connectivity index (χ0) is 17.5. The molecule has 0 saturated carbocycles. The van der Waals surface area contributed by atoms with E-state index in [1.807, 2.05) is 0 Å². The standard InChI is InChI=1S/C18H28FN3O2/c1-13(2)12-22-9-5-6-14(22)10-20-18(24)21-11-17(23)15-7-3-4-8-16(15)19/h3-4,7-8,13-14,17,23H,5-6,9-12H2,1-2H3,(H2,20,21,24)/t14-,17?/m0/s1. The summed E-state index contributed by atoms with van der Waals surface area (Å²) in [6, 6.07) is 6.07. The van der Waals surface area contributed by atoms with Crippen LogP contribution in [-0.4, -0.2) is 48.3 Å².